The van der Waals surface area contributed by atoms with Crippen LogP contribution in [0.15, 0.2) is 0 Å². The number of esters is 1. The van der Waals surface area contributed by atoms with Gasteiger partial charge in [0.2, 0.25) is 5.91 Å². The van der Waals surface area contributed by atoms with Gasteiger partial charge in [-0.15, -0.1) is 0 Å². The van der Waals surface area contributed by atoms with Crippen LogP contribution in [0.4, 0.5) is 0 Å². The first-order valence-corrected chi connectivity index (χ1v) is 32.8. The molecule has 71 heavy (non-hydrogen) atoms. The maximum absolute atomic E-state index is 12.5. The molecule has 6 nitrogen and oxygen atoms in total. The number of hydrogen-bond acceptors (Lipinski definition) is 5. The SMILES string of the molecule is CCCCCCCCCCCCCCCCCCCCCC(=O)OCCCCCCCCCCCCCCCCCCCCCCC(=O)NC(CO)C(O)CCCCCCCCCCCCCCCCC. The van der Waals surface area contributed by atoms with Crippen LogP contribution in [0, 0.1) is 0 Å². The van der Waals surface area contributed by atoms with Crippen molar-refractivity contribution in [2.45, 2.75) is 392 Å². The van der Waals surface area contributed by atoms with Crippen molar-refractivity contribution in [2.24, 2.45) is 0 Å². The molecule has 0 aromatic rings. The molecule has 6 heteroatoms. The smallest absolute Gasteiger partial charge is 0.305 e. The van der Waals surface area contributed by atoms with Crippen molar-refractivity contribution in [3.8, 4) is 0 Å². The Morgan fingerprint density at radius 3 is 0.859 bits per heavy atom. The van der Waals surface area contributed by atoms with Crippen LogP contribution < -0.4 is 5.32 Å². The van der Waals surface area contributed by atoms with E-state index in [1.54, 1.807) is 0 Å². The first-order chi connectivity index (χ1) is 35.0. The van der Waals surface area contributed by atoms with Crippen LogP contribution in [0.5, 0.6) is 0 Å². The van der Waals surface area contributed by atoms with Crippen molar-refractivity contribution in [2.75, 3.05) is 13.2 Å². The topological polar surface area (TPSA) is 95.9 Å². The molecule has 0 aromatic heterocycles. The molecule has 0 saturated heterocycles. The van der Waals surface area contributed by atoms with Crippen LogP contribution in [-0.2, 0) is 14.3 Å². The molecule has 0 bridgehead atoms. The lowest BCUT2D eigenvalue weighted by Crippen LogP contribution is -2.45. The average Bonchev–Trinajstić information content (AvgIpc) is 3.37. The van der Waals surface area contributed by atoms with Crippen LogP contribution in [0.3, 0.4) is 0 Å². The molecule has 0 radical (unpaired) electrons. The molecule has 0 heterocycles. The summed E-state index contributed by atoms with van der Waals surface area (Å²) in [6.45, 7) is 4.99. The number of carbonyl (C=O) groups is 2. The van der Waals surface area contributed by atoms with Gasteiger partial charge in [0, 0.05) is 12.8 Å². The number of hydrogen-bond donors (Lipinski definition) is 3. The summed E-state index contributed by atoms with van der Waals surface area (Å²) < 4.78 is 5.51. The Hall–Kier alpha value is -1.14. The Bertz CT molecular complexity index is 1020. The van der Waals surface area contributed by atoms with Gasteiger partial charge in [-0.2, -0.15) is 0 Å². The second kappa shape index (κ2) is 61.4. The Morgan fingerprint density at radius 2 is 0.577 bits per heavy atom. The van der Waals surface area contributed by atoms with Gasteiger partial charge in [-0.3, -0.25) is 9.59 Å². The van der Waals surface area contributed by atoms with Crippen LogP contribution >= 0.6 is 0 Å². The van der Waals surface area contributed by atoms with Crippen LogP contribution in [0.2, 0.25) is 0 Å². The molecule has 2 unspecified atom stereocenters. The predicted octanol–water partition coefficient (Wildman–Crippen LogP) is 20.6. The largest absolute Gasteiger partial charge is 0.466 e. The van der Waals surface area contributed by atoms with E-state index in [9.17, 15) is 19.8 Å². The van der Waals surface area contributed by atoms with Crippen molar-refractivity contribution in [1.82, 2.24) is 5.32 Å². The maximum atomic E-state index is 12.5. The normalized spacial score (nSPS) is 12.5. The van der Waals surface area contributed by atoms with Crippen molar-refractivity contribution in [3.05, 3.63) is 0 Å². The second-order valence-corrected chi connectivity index (χ2v) is 22.8. The van der Waals surface area contributed by atoms with Gasteiger partial charge in [0.05, 0.1) is 25.4 Å². The molecule has 0 aliphatic rings. The third kappa shape index (κ3) is 58.0. The summed E-state index contributed by atoms with van der Waals surface area (Å²) in [5.74, 6) is -0.0167. The van der Waals surface area contributed by atoms with E-state index in [0.29, 0.717) is 25.9 Å². The molecule has 424 valence electrons. The highest BCUT2D eigenvalue weighted by Gasteiger charge is 2.20. The van der Waals surface area contributed by atoms with E-state index in [1.807, 2.05) is 0 Å². The minimum atomic E-state index is -0.664. The third-order valence-electron chi connectivity index (χ3n) is 15.7. The Kier molecular flexibility index (Phi) is 60.4. The molecule has 0 spiro atoms. The summed E-state index contributed by atoms with van der Waals surface area (Å²) in [4.78, 5) is 24.6. The van der Waals surface area contributed by atoms with Gasteiger partial charge in [0.25, 0.3) is 0 Å². The number of aliphatic hydroxyl groups is 2. The Balaban J connectivity index is 3.35. The maximum Gasteiger partial charge on any atom is 0.305 e. The third-order valence-corrected chi connectivity index (χ3v) is 15.7. The minimum Gasteiger partial charge on any atom is -0.466 e. The molecule has 0 fully saturated rings. The zero-order valence-corrected chi connectivity index (χ0v) is 48.5. The van der Waals surface area contributed by atoms with E-state index in [2.05, 4.69) is 19.2 Å². The van der Waals surface area contributed by atoms with E-state index < -0.39 is 12.1 Å². The summed E-state index contributed by atoms with van der Waals surface area (Å²) >= 11 is 0. The van der Waals surface area contributed by atoms with E-state index in [0.717, 1.165) is 38.5 Å². The minimum absolute atomic E-state index is 0.0167. The number of carbonyl (C=O) groups excluding carboxylic acids is 2. The van der Waals surface area contributed by atoms with Crippen molar-refractivity contribution >= 4 is 11.9 Å². The molecule has 2 atom stereocenters. The molecule has 0 aliphatic heterocycles. The summed E-state index contributed by atoms with van der Waals surface area (Å²) in [5, 5.41) is 23.3. The highest BCUT2D eigenvalue weighted by Crippen LogP contribution is 2.19. The number of amides is 1. The fourth-order valence-corrected chi connectivity index (χ4v) is 10.6. The van der Waals surface area contributed by atoms with E-state index in [4.69, 9.17) is 4.74 Å². The molecule has 0 aromatic carbocycles. The van der Waals surface area contributed by atoms with Crippen LogP contribution in [-0.4, -0.2) is 47.4 Å². The molecule has 1 amide bonds. The zero-order chi connectivity index (χ0) is 51.4. The van der Waals surface area contributed by atoms with Gasteiger partial charge in [-0.05, 0) is 25.7 Å². The highest BCUT2D eigenvalue weighted by atomic mass is 16.5. The number of rotatable bonds is 62. The number of ether oxygens (including phenoxy) is 1. The van der Waals surface area contributed by atoms with Gasteiger partial charge in [0.15, 0.2) is 0 Å². The molecule has 0 aliphatic carbocycles. The van der Waals surface area contributed by atoms with Gasteiger partial charge in [-0.1, -0.05) is 341 Å². The monoisotopic (exact) mass is 1000 g/mol. The Labute approximate surface area is 445 Å². The van der Waals surface area contributed by atoms with Gasteiger partial charge in [-0.25, -0.2) is 0 Å². The summed E-state index contributed by atoms with van der Waals surface area (Å²) in [6, 6.07) is -0.541. The quantitative estimate of drug-likeness (QED) is 0.0417. The van der Waals surface area contributed by atoms with Crippen molar-refractivity contribution in [1.29, 1.82) is 0 Å². The summed E-state index contributed by atoms with van der Waals surface area (Å²) in [5.41, 5.74) is 0. The molecular weight excluding hydrogens is 875 g/mol. The van der Waals surface area contributed by atoms with E-state index in [1.165, 1.54) is 308 Å². The lowest BCUT2D eigenvalue weighted by atomic mass is 10.0. The molecule has 0 rings (SSSR count). The molecular formula is C65H129NO5. The predicted molar refractivity (Wildman–Crippen MR) is 310 cm³/mol. The number of unbranched alkanes of at least 4 members (excludes halogenated alkanes) is 51. The fourth-order valence-electron chi connectivity index (χ4n) is 10.6. The van der Waals surface area contributed by atoms with Gasteiger partial charge >= 0.3 is 5.97 Å². The van der Waals surface area contributed by atoms with Crippen molar-refractivity contribution < 1.29 is 24.5 Å². The lowest BCUT2D eigenvalue weighted by molar-refractivity contribution is -0.143. The standard InChI is InChI=1S/C65H129NO5/c1-3-5-7-9-11-13-15-17-19-20-23-27-31-35-39-43-47-51-55-59-65(70)71-60-56-52-48-44-40-36-32-28-25-22-21-24-26-30-34-38-42-46-50-54-58-64(69)66-62(61-67)63(68)57-53-49-45-41-37-33-29-18-16-14-12-10-8-6-4-2/h62-63,67-68H,3-61H2,1-2H3,(H,66,69). The van der Waals surface area contributed by atoms with Crippen molar-refractivity contribution in [3.63, 3.8) is 0 Å². The van der Waals surface area contributed by atoms with Gasteiger partial charge in [0.1, 0.15) is 0 Å². The molecule has 3 N–H and O–H groups in total. The lowest BCUT2D eigenvalue weighted by Gasteiger charge is -2.22. The fraction of sp³-hybridized carbons (Fsp3) is 0.969. The Morgan fingerprint density at radius 1 is 0.338 bits per heavy atom. The number of aliphatic hydroxyl groups excluding tert-OH is 2. The number of nitrogens with one attached hydrogen (secondary N) is 1. The first kappa shape index (κ1) is 69.9. The molecule has 0 saturated carbocycles. The highest BCUT2D eigenvalue weighted by molar-refractivity contribution is 5.76. The van der Waals surface area contributed by atoms with Gasteiger partial charge < -0.3 is 20.3 Å². The summed E-state index contributed by atoms with van der Waals surface area (Å²) in [6.07, 6.45) is 72.6. The van der Waals surface area contributed by atoms with E-state index >= 15 is 0 Å². The zero-order valence-electron chi connectivity index (χ0n) is 48.5. The van der Waals surface area contributed by atoms with Crippen LogP contribution in [0.25, 0.3) is 0 Å². The first-order valence-electron chi connectivity index (χ1n) is 32.8. The second-order valence-electron chi connectivity index (χ2n) is 22.8. The summed E-state index contributed by atoms with van der Waals surface area (Å²) in [7, 11) is 0. The van der Waals surface area contributed by atoms with Crippen LogP contribution in [0.1, 0.15) is 380 Å². The van der Waals surface area contributed by atoms with E-state index in [-0.39, 0.29) is 18.5 Å². The average molecular weight is 1000 g/mol.